The van der Waals surface area contributed by atoms with Crippen molar-refractivity contribution in [3.8, 4) is 0 Å². The summed E-state index contributed by atoms with van der Waals surface area (Å²) in [6, 6.07) is 1.19. The highest BCUT2D eigenvalue weighted by atomic mass is 32.2. The van der Waals surface area contributed by atoms with Crippen LogP contribution in [0, 0.1) is 0 Å². The molecule has 23 heavy (non-hydrogen) atoms. The number of sulfonamides is 1. The Kier molecular flexibility index (Phi) is 4.41. The van der Waals surface area contributed by atoms with Crippen molar-refractivity contribution in [2.75, 3.05) is 32.9 Å². The Morgan fingerprint density at radius 3 is 2.65 bits per heavy atom. The largest absolute Gasteiger partial charge is 0.461 e. The van der Waals surface area contributed by atoms with Gasteiger partial charge in [-0.1, -0.05) is 0 Å². The second-order valence-electron chi connectivity index (χ2n) is 5.35. The average Bonchev–Trinajstić information content (AvgIpc) is 3.18. The quantitative estimate of drug-likeness (QED) is 0.771. The number of carbonyl (C=O) groups is 1. The van der Waals surface area contributed by atoms with Crippen LogP contribution in [0.15, 0.2) is 11.1 Å². The van der Waals surface area contributed by atoms with E-state index in [0.717, 1.165) is 0 Å². The molecule has 9 nitrogen and oxygen atoms in total. The maximum absolute atomic E-state index is 12.6. The maximum Gasteiger partial charge on any atom is 0.358 e. The van der Waals surface area contributed by atoms with Gasteiger partial charge < -0.3 is 14.2 Å². The van der Waals surface area contributed by atoms with Gasteiger partial charge in [0.25, 0.3) is 10.0 Å². The van der Waals surface area contributed by atoms with Gasteiger partial charge in [0.2, 0.25) is 0 Å². The molecule has 1 aromatic heterocycles. The molecular weight excluding hydrogens is 326 g/mol. The fourth-order valence-corrected chi connectivity index (χ4v) is 4.10. The Morgan fingerprint density at radius 1 is 1.39 bits per heavy atom. The van der Waals surface area contributed by atoms with Crippen LogP contribution in [0.5, 0.6) is 0 Å². The van der Waals surface area contributed by atoms with Crippen LogP contribution in [0.2, 0.25) is 0 Å². The molecule has 128 valence electrons. The normalized spacial score (nSPS) is 21.6. The first kappa shape index (κ1) is 16.4. The Hall–Kier alpha value is -1.49. The van der Waals surface area contributed by atoms with E-state index >= 15 is 0 Å². The Balaban J connectivity index is 1.71. The zero-order valence-electron chi connectivity index (χ0n) is 12.8. The third kappa shape index (κ3) is 3.11. The number of esters is 1. The first-order valence-electron chi connectivity index (χ1n) is 7.47. The Bertz CT molecular complexity index is 670. The predicted octanol–water partition coefficient (Wildman–Crippen LogP) is 0.114. The zero-order valence-corrected chi connectivity index (χ0v) is 13.6. The molecule has 0 aromatic carbocycles. The van der Waals surface area contributed by atoms with Gasteiger partial charge >= 0.3 is 5.97 Å². The molecule has 2 aliphatic heterocycles. The number of nitrogens with one attached hydrogen (secondary N) is 1. The molecule has 2 aliphatic rings. The smallest absolute Gasteiger partial charge is 0.358 e. The fourth-order valence-electron chi connectivity index (χ4n) is 2.74. The number of ether oxygens (including phenoxy) is 3. The summed E-state index contributed by atoms with van der Waals surface area (Å²) in [4.78, 5) is 11.6. The van der Waals surface area contributed by atoms with Crippen LogP contribution in [-0.4, -0.2) is 67.6 Å². The van der Waals surface area contributed by atoms with Crippen molar-refractivity contribution in [2.24, 2.45) is 0 Å². The van der Waals surface area contributed by atoms with Crippen molar-refractivity contribution >= 4 is 16.0 Å². The molecule has 10 heteroatoms. The summed E-state index contributed by atoms with van der Waals surface area (Å²) in [5, 5.41) is 5.99. The summed E-state index contributed by atoms with van der Waals surface area (Å²) < 4.78 is 42.5. The minimum atomic E-state index is -3.74. The first-order chi connectivity index (χ1) is 11.0. The second kappa shape index (κ2) is 6.19. The second-order valence-corrected chi connectivity index (χ2v) is 7.26. The van der Waals surface area contributed by atoms with Gasteiger partial charge in [-0.25, -0.2) is 13.2 Å². The van der Waals surface area contributed by atoms with Crippen LogP contribution in [-0.2, 0) is 24.2 Å². The van der Waals surface area contributed by atoms with E-state index in [-0.39, 0.29) is 30.4 Å². The highest BCUT2D eigenvalue weighted by molar-refractivity contribution is 7.89. The zero-order chi connectivity index (χ0) is 16.5. The molecule has 0 atom stereocenters. The Morgan fingerprint density at radius 2 is 2.04 bits per heavy atom. The van der Waals surface area contributed by atoms with Crippen LogP contribution >= 0.6 is 0 Å². The molecule has 1 N–H and O–H groups in total. The SMILES string of the molecule is CCOC(=O)c1cc(S(=O)(=O)N2CCC3(CC2)OCCO3)[nH]n1. The molecule has 0 radical (unpaired) electrons. The number of aromatic nitrogens is 2. The minimum Gasteiger partial charge on any atom is -0.461 e. The lowest BCUT2D eigenvalue weighted by Crippen LogP contribution is -2.47. The van der Waals surface area contributed by atoms with Crippen LogP contribution in [0.3, 0.4) is 0 Å². The summed E-state index contributed by atoms with van der Waals surface area (Å²) in [7, 11) is -3.74. The fraction of sp³-hybridized carbons (Fsp3) is 0.692. The lowest BCUT2D eigenvalue weighted by Gasteiger charge is -2.36. The molecule has 0 amide bonds. The summed E-state index contributed by atoms with van der Waals surface area (Å²) in [5.74, 6) is -1.30. The van der Waals surface area contributed by atoms with E-state index in [0.29, 0.717) is 26.1 Å². The van der Waals surface area contributed by atoms with Gasteiger partial charge in [0, 0.05) is 32.0 Å². The number of H-pyrrole nitrogens is 1. The third-order valence-corrected chi connectivity index (χ3v) is 5.76. The molecule has 0 bridgehead atoms. The number of aromatic amines is 1. The molecule has 1 aromatic rings. The number of hydrogen-bond donors (Lipinski definition) is 1. The maximum atomic E-state index is 12.6. The molecule has 2 fully saturated rings. The van der Waals surface area contributed by atoms with Gasteiger partial charge in [-0.05, 0) is 6.92 Å². The van der Waals surface area contributed by atoms with Crippen LogP contribution in [0.25, 0.3) is 0 Å². The predicted molar refractivity (Wildman–Crippen MR) is 77.2 cm³/mol. The van der Waals surface area contributed by atoms with Crippen LogP contribution < -0.4 is 0 Å². The Labute approximate surface area is 133 Å². The van der Waals surface area contributed by atoms with Crippen molar-refractivity contribution in [3.05, 3.63) is 11.8 Å². The van der Waals surface area contributed by atoms with Crippen molar-refractivity contribution in [2.45, 2.75) is 30.6 Å². The molecule has 0 unspecified atom stereocenters. The molecule has 3 rings (SSSR count). The van der Waals surface area contributed by atoms with E-state index in [1.54, 1.807) is 6.92 Å². The van der Waals surface area contributed by atoms with E-state index in [2.05, 4.69) is 10.2 Å². The van der Waals surface area contributed by atoms with Gasteiger partial charge in [0.1, 0.15) is 0 Å². The number of piperidine rings is 1. The van der Waals surface area contributed by atoms with Gasteiger partial charge in [0.05, 0.1) is 19.8 Å². The van der Waals surface area contributed by atoms with Gasteiger partial charge in [-0.3, -0.25) is 5.10 Å². The number of carbonyl (C=O) groups excluding carboxylic acids is 1. The van der Waals surface area contributed by atoms with Gasteiger partial charge in [0.15, 0.2) is 16.5 Å². The summed E-state index contributed by atoms with van der Waals surface area (Å²) in [6.07, 6.45) is 0.955. The highest BCUT2D eigenvalue weighted by Gasteiger charge is 2.43. The van der Waals surface area contributed by atoms with E-state index in [1.165, 1.54) is 10.4 Å². The van der Waals surface area contributed by atoms with E-state index in [1.807, 2.05) is 0 Å². The summed E-state index contributed by atoms with van der Waals surface area (Å²) in [5.41, 5.74) is -0.0543. The van der Waals surface area contributed by atoms with Gasteiger partial charge in [-0.2, -0.15) is 9.40 Å². The van der Waals surface area contributed by atoms with Crippen molar-refractivity contribution in [1.29, 1.82) is 0 Å². The van der Waals surface area contributed by atoms with Crippen molar-refractivity contribution < 1.29 is 27.4 Å². The standard InChI is InChI=1S/C13H19N3O6S/c1-2-20-12(17)10-9-11(15-14-10)23(18,19)16-5-3-13(4-6-16)21-7-8-22-13/h9H,2-8H2,1H3,(H,14,15). The molecule has 1 spiro atoms. The third-order valence-electron chi connectivity index (χ3n) is 3.95. The average molecular weight is 345 g/mol. The van der Waals surface area contributed by atoms with Crippen molar-refractivity contribution in [3.63, 3.8) is 0 Å². The number of hydrogen-bond acceptors (Lipinski definition) is 7. The van der Waals surface area contributed by atoms with Gasteiger partial charge in [-0.15, -0.1) is 0 Å². The van der Waals surface area contributed by atoms with Crippen LogP contribution in [0.4, 0.5) is 0 Å². The lowest BCUT2D eigenvalue weighted by molar-refractivity contribution is -0.179. The highest BCUT2D eigenvalue weighted by Crippen LogP contribution is 2.33. The number of nitrogens with zero attached hydrogens (tertiary/aromatic N) is 2. The monoisotopic (exact) mass is 345 g/mol. The summed E-state index contributed by atoms with van der Waals surface area (Å²) in [6.45, 7) is 3.51. The number of rotatable bonds is 4. The molecule has 0 saturated carbocycles. The van der Waals surface area contributed by atoms with Crippen molar-refractivity contribution in [1.82, 2.24) is 14.5 Å². The molecule has 0 aliphatic carbocycles. The van der Waals surface area contributed by atoms with E-state index in [9.17, 15) is 13.2 Å². The topological polar surface area (TPSA) is 111 Å². The molecule has 2 saturated heterocycles. The summed E-state index contributed by atoms with van der Waals surface area (Å²) >= 11 is 0. The molecular formula is C13H19N3O6S. The first-order valence-corrected chi connectivity index (χ1v) is 8.91. The minimum absolute atomic E-state index is 0.0543. The lowest BCUT2D eigenvalue weighted by atomic mass is 10.1. The van der Waals surface area contributed by atoms with E-state index in [4.69, 9.17) is 14.2 Å². The van der Waals surface area contributed by atoms with Crippen LogP contribution in [0.1, 0.15) is 30.3 Å². The molecule has 3 heterocycles. The van der Waals surface area contributed by atoms with E-state index < -0.39 is 21.8 Å².